The van der Waals surface area contributed by atoms with Gasteiger partial charge in [0, 0.05) is 0 Å². The molecular formula is C24H19NO5. The van der Waals surface area contributed by atoms with E-state index in [-0.39, 0.29) is 22.8 Å². The number of fused-ring (bicyclic) bond motifs is 1. The van der Waals surface area contributed by atoms with Crippen LogP contribution >= 0.6 is 0 Å². The van der Waals surface area contributed by atoms with Gasteiger partial charge >= 0.3 is 5.97 Å². The van der Waals surface area contributed by atoms with Crippen LogP contribution in [0.1, 0.15) is 44.9 Å². The van der Waals surface area contributed by atoms with Crippen LogP contribution in [0.15, 0.2) is 72.8 Å². The fourth-order valence-electron chi connectivity index (χ4n) is 3.17. The number of nitrogens with zero attached hydrogens (tertiary/aromatic N) is 1. The molecule has 30 heavy (non-hydrogen) atoms. The minimum Gasteiger partial charge on any atom is -0.459 e. The molecule has 2 amide bonds. The van der Waals surface area contributed by atoms with E-state index in [1.807, 2.05) is 30.3 Å². The number of para-hydroxylation sites is 1. The van der Waals surface area contributed by atoms with Gasteiger partial charge in [-0.1, -0.05) is 18.2 Å². The molecule has 0 atom stereocenters. The van der Waals surface area contributed by atoms with Crippen molar-refractivity contribution in [2.45, 2.75) is 20.0 Å². The van der Waals surface area contributed by atoms with Gasteiger partial charge in [0.1, 0.15) is 11.5 Å². The molecule has 4 rings (SSSR count). The first-order valence-electron chi connectivity index (χ1n) is 9.51. The maximum Gasteiger partial charge on any atom is 0.338 e. The highest BCUT2D eigenvalue weighted by atomic mass is 16.5. The van der Waals surface area contributed by atoms with E-state index in [1.54, 1.807) is 38.1 Å². The number of hydrogen-bond acceptors (Lipinski definition) is 5. The largest absolute Gasteiger partial charge is 0.459 e. The second-order valence-electron chi connectivity index (χ2n) is 7.07. The first kappa shape index (κ1) is 19.4. The molecule has 150 valence electrons. The van der Waals surface area contributed by atoms with Crippen LogP contribution in [0.5, 0.6) is 11.5 Å². The average molecular weight is 401 g/mol. The molecule has 0 saturated carbocycles. The molecule has 0 aromatic heterocycles. The number of rotatable bonds is 5. The summed E-state index contributed by atoms with van der Waals surface area (Å²) in [7, 11) is 0. The number of amides is 2. The van der Waals surface area contributed by atoms with Gasteiger partial charge in [0.2, 0.25) is 0 Å². The first-order chi connectivity index (χ1) is 14.4. The van der Waals surface area contributed by atoms with Gasteiger partial charge in [0.05, 0.1) is 28.5 Å². The lowest BCUT2D eigenvalue weighted by atomic mass is 10.1. The molecule has 0 fully saturated rings. The fourth-order valence-corrected chi connectivity index (χ4v) is 3.17. The monoisotopic (exact) mass is 401 g/mol. The zero-order chi connectivity index (χ0) is 21.3. The van der Waals surface area contributed by atoms with Crippen molar-refractivity contribution in [2.24, 2.45) is 0 Å². The average Bonchev–Trinajstić information content (AvgIpc) is 2.99. The Morgan fingerprint density at radius 3 is 2.10 bits per heavy atom. The summed E-state index contributed by atoms with van der Waals surface area (Å²) in [4.78, 5) is 38.9. The van der Waals surface area contributed by atoms with E-state index >= 15 is 0 Å². The molecule has 1 aliphatic heterocycles. The van der Waals surface area contributed by atoms with Crippen LogP contribution in [0.25, 0.3) is 0 Å². The third-order valence-electron chi connectivity index (χ3n) is 4.54. The van der Waals surface area contributed by atoms with E-state index in [0.29, 0.717) is 17.2 Å². The van der Waals surface area contributed by atoms with E-state index in [4.69, 9.17) is 9.47 Å². The summed E-state index contributed by atoms with van der Waals surface area (Å²) < 4.78 is 10.9. The van der Waals surface area contributed by atoms with Crippen LogP contribution in [0, 0.1) is 0 Å². The summed E-state index contributed by atoms with van der Waals surface area (Å²) in [5.74, 6) is -0.178. The quantitative estimate of drug-likeness (QED) is 0.452. The molecule has 1 heterocycles. The number of carbonyl (C=O) groups is 3. The van der Waals surface area contributed by atoms with Crippen molar-refractivity contribution < 1.29 is 23.9 Å². The Morgan fingerprint density at radius 2 is 1.43 bits per heavy atom. The lowest BCUT2D eigenvalue weighted by molar-refractivity contribution is 0.0377. The van der Waals surface area contributed by atoms with Crippen LogP contribution in [0.4, 0.5) is 5.69 Å². The minimum atomic E-state index is -0.533. The summed E-state index contributed by atoms with van der Waals surface area (Å²) in [6, 6.07) is 20.4. The van der Waals surface area contributed by atoms with Crippen molar-refractivity contribution in [3.63, 3.8) is 0 Å². The Kier molecular flexibility index (Phi) is 5.06. The molecule has 6 nitrogen and oxygen atoms in total. The number of hydrogen-bond donors (Lipinski definition) is 0. The SMILES string of the molecule is CC(C)OC(=O)c1ccc2c(c1)C(=O)N(c1ccc(Oc3ccccc3)cc1)C2=O. The number of ether oxygens (including phenoxy) is 2. The molecule has 0 saturated heterocycles. The molecule has 6 heteroatoms. The Bertz CT molecular complexity index is 1120. The van der Waals surface area contributed by atoms with Gasteiger partial charge in [-0.25, -0.2) is 9.69 Å². The third kappa shape index (κ3) is 3.67. The summed E-state index contributed by atoms with van der Waals surface area (Å²) >= 11 is 0. The Hall–Kier alpha value is -3.93. The van der Waals surface area contributed by atoms with Crippen LogP contribution in [-0.4, -0.2) is 23.9 Å². The molecule has 3 aromatic carbocycles. The summed E-state index contributed by atoms with van der Waals surface area (Å²) in [6.45, 7) is 3.49. The maximum absolute atomic E-state index is 12.9. The van der Waals surface area contributed by atoms with Crippen molar-refractivity contribution in [1.29, 1.82) is 0 Å². The second kappa shape index (κ2) is 7.83. The van der Waals surface area contributed by atoms with Crippen molar-refractivity contribution in [1.82, 2.24) is 0 Å². The predicted octanol–water partition coefficient (Wildman–Crippen LogP) is 4.84. The van der Waals surface area contributed by atoms with Gasteiger partial charge in [0.15, 0.2) is 0 Å². The number of esters is 1. The standard InChI is InChI=1S/C24H19NO5/c1-15(2)29-24(28)16-8-13-20-21(14-16)23(27)25(22(20)26)17-9-11-19(12-10-17)30-18-6-4-3-5-7-18/h3-15H,1-2H3. The molecule has 0 bridgehead atoms. The number of benzene rings is 3. The highest BCUT2D eigenvalue weighted by molar-refractivity contribution is 6.34. The lowest BCUT2D eigenvalue weighted by Gasteiger charge is -2.14. The molecule has 3 aromatic rings. The van der Waals surface area contributed by atoms with E-state index in [9.17, 15) is 14.4 Å². The molecule has 1 aliphatic rings. The van der Waals surface area contributed by atoms with E-state index < -0.39 is 17.8 Å². The van der Waals surface area contributed by atoms with E-state index in [2.05, 4.69) is 0 Å². The van der Waals surface area contributed by atoms with Gasteiger partial charge in [-0.15, -0.1) is 0 Å². The molecular weight excluding hydrogens is 382 g/mol. The second-order valence-corrected chi connectivity index (χ2v) is 7.07. The van der Waals surface area contributed by atoms with Gasteiger partial charge in [-0.3, -0.25) is 9.59 Å². The molecule has 0 N–H and O–H groups in total. The Morgan fingerprint density at radius 1 is 0.800 bits per heavy atom. The minimum absolute atomic E-state index is 0.183. The smallest absolute Gasteiger partial charge is 0.338 e. The Balaban J connectivity index is 1.57. The summed E-state index contributed by atoms with van der Waals surface area (Å²) in [5, 5.41) is 0. The van der Waals surface area contributed by atoms with Crippen LogP contribution in [-0.2, 0) is 4.74 Å². The van der Waals surface area contributed by atoms with Gasteiger partial charge in [-0.05, 0) is 68.4 Å². The van der Waals surface area contributed by atoms with Crippen LogP contribution < -0.4 is 9.64 Å². The van der Waals surface area contributed by atoms with Crippen molar-refractivity contribution in [3.8, 4) is 11.5 Å². The zero-order valence-corrected chi connectivity index (χ0v) is 16.5. The highest BCUT2D eigenvalue weighted by Crippen LogP contribution is 2.31. The molecule has 0 radical (unpaired) electrons. The predicted molar refractivity (Wildman–Crippen MR) is 111 cm³/mol. The van der Waals surface area contributed by atoms with Crippen molar-refractivity contribution in [2.75, 3.05) is 4.90 Å². The van der Waals surface area contributed by atoms with Gasteiger partial charge < -0.3 is 9.47 Å². The number of anilines is 1. The topological polar surface area (TPSA) is 72.9 Å². The van der Waals surface area contributed by atoms with Crippen molar-refractivity contribution in [3.05, 3.63) is 89.5 Å². The summed E-state index contributed by atoms with van der Waals surface area (Å²) in [6.07, 6.45) is -0.281. The van der Waals surface area contributed by atoms with E-state index in [1.165, 1.54) is 18.2 Å². The lowest BCUT2D eigenvalue weighted by Crippen LogP contribution is -2.29. The molecule has 0 aliphatic carbocycles. The van der Waals surface area contributed by atoms with Gasteiger partial charge in [0.25, 0.3) is 11.8 Å². The molecule has 0 unspecified atom stereocenters. The zero-order valence-electron chi connectivity index (χ0n) is 16.5. The highest BCUT2D eigenvalue weighted by Gasteiger charge is 2.37. The van der Waals surface area contributed by atoms with Crippen molar-refractivity contribution >= 4 is 23.5 Å². The van der Waals surface area contributed by atoms with Gasteiger partial charge in [-0.2, -0.15) is 0 Å². The van der Waals surface area contributed by atoms with Crippen LogP contribution in [0.2, 0.25) is 0 Å². The maximum atomic E-state index is 12.9. The first-order valence-corrected chi connectivity index (χ1v) is 9.51. The fraction of sp³-hybridized carbons (Fsp3) is 0.125. The number of imide groups is 1. The molecule has 0 spiro atoms. The normalized spacial score (nSPS) is 12.8. The summed E-state index contributed by atoms with van der Waals surface area (Å²) in [5.41, 5.74) is 1.10. The Labute approximate surface area is 173 Å². The van der Waals surface area contributed by atoms with Crippen LogP contribution in [0.3, 0.4) is 0 Å². The van der Waals surface area contributed by atoms with E-state index in [0.717, 1.165) is 4.90 Å². The third-order valence-corrected chi connectivity index (χ3v) is 4.54. The number of carbonyl (C=O) groups excluding carboxylic acids is 3.